The van der Waals surface area contributed by atoms with Crippen LogP contribution in [0.3, 0.4) is 0 Å². The molecule has 1 aromatic rings. The average Bonchev–Trinajstić information content (AvgIpc) is 2.28. The van der Waals surface area contributed by atoms with Crippen molar-refractivity contribution in [2.75, 3.05) is 0 Å². The first-order chi connectivity index (χ1) is 8.63. The van der Waals surface area contributed by atoms with Crippen LogP contribution in [-0.2, 0) is 9.84 Å². The van der Waals surface area contributed by atoms with Gasteiger partial charge in [0.25, 0.3) is 9.84 Å². The van der Waals surface area contributed by atoms with Gasteiger partial charge in [-0.3, -0.25) is 0 Å². The number of hydrogen-bond donors (Lipinski definition) is 1. The Kier molecular flexibility index (Phi) is 4.63. The van der Waals surface area contributed by atoms with E-state index in [0.717, 1.165) is 6.07 Å². The molecule has 0 aromatic heterocycles. The zero-order valence-electron chi connectivity index (χ0n) is 10.6. The van der Waals surface area contributed by atoms with Gasteiger partial charge < -0.3 is 5.73 Å². The lowest BCUT2D eigenvalue weighted by Gasteiger charge is -2.22. The molecule has 2 N–H and O–H groups in total. The fourth-order valence-electron chi connectivity index (χ4n) is 2.03. The Morgan fingerprint density at radius 2 is 1.79 bits per heavy atom. The van der Waals surface area contributed by atoms with E-state index in [9.17, 15) is 21.6 Å². The molecular weight excluding hydrogens is 279 g/mol. The third-order valence-corrected chi connectivity index (χ3v) is 4.55. The molecule has 1 aromatic carbocycles. The Labute approximate surface area is 110 Å². The van der Waals surface area contributed by atoms with Gasteiger partial charge in [0.05, 0.1) is 4.90 Å². The predicted octanol–water partition coefficient (Wildman–Crippen LogP) is 2.82. The molecule has 0 spiro atoms. The van der Waals surface area contributed by atoms with Crippen LogP contribution in [-0.4, -0.2) is 20.0 Å². The molecule has 2 atom stereocenters. The summed E-state index contributed by atoms with van der Waals surface area (Å²) in [6, 6.07) is 4.71. The van der Waals surface area contributed by atoms with Crippen molar-refractivity contribution in [1.29, 1.82) is 0 Å². The zero-order valence-corrected chi connectivity index (χ0v) is 11.4. The number of hydrogen-bond acceptors (Lipinski definition) is 3. The second-order valence-corrected chi connectivity index (χ2v) is 6.27. The second-order valence-electron chi connectivity index (χ2n) is 4.36. The first kappa shape index (κ1) is 16.0. The Hall–Kier alpha value is -1.08. The second kappa shape index (κ2) is 5.50. The van der Waals surface area contributed by atoms with Crippen LogP contribution in [0.5, 0.6) is 0 Å². The lowest BCUT2D eigenvalue weighted by atomic mass is 9.90. The molecule has 19 heavy (non-hydrogen) atoms. The first-order valence-electron chi connectivity index (χ1n) is 5.78. The quantitative estimate of drug-likeness (QED) is 0.929. The Balaban J connectivity index is 3.48. The molecule has 0 aliphatic heterocycles. The van der Waals surface area contributed by atoms with Gasteiger partial charge in [0.15, 0.2) is 0 Å². The maximum Gasteiger partial charge on any atom is 0.501 e. The van der Waals surface area contributed by atoms with Crippen molar-refractivity contribution in [3.8, 4) is 0 Å². The molecule has 0 bridgehead atoms. The molecule has 2 unspecified atom stereocenters. The minimum absolute atomic E-state index is 0.123. The normalized spacial score (nSPS) is 16.1. The Bertz CT molecular complexity index is 538. The number of benzene rings is 1. The van der Waals surface area contributed by atoms with E-state index in [4.69, 9.17) is 5.73 Å². The van der Waals surface area contributed by atoms with Gasteiger partial charge in [-0.1, -0.05) is 25.1 Å². The highest BCUT2D eigenvalue weighted by molar-refractivity contribution is 7.92. The van der Waals surface area contributed by atoms with Crippen LogP contribution in [0.1, 0.15) is 31.7 Å². The van der Waals surface area contributed by atoms with Gasteiger partial charge in [0.2, 0.25) is 0 Å². The highest BCUT2D eigenvalue weighted by Crippen LogP contribution is 2.36. The van der Waals surface area contributed by atoms with Crippen LogP contribution in [0.4, 0.5) is 13.2 Å². The molecule has 0 heterocycles. The van der Waals surface area contributed by atoms with Gasteiger partial charge in [0.1, 0.15) is 0 Å². The Morgan fingerprint density at radius 1 is 1.26 bits per heavy atom. The number of rotatable bonds is 4. The molecule has 108 valence electrons. The maximum absolute atomic E-state index is 12.6. The van der Waals surface area contributed by atoms with Crippen molar-refractivity contribution in [2.45, 2.75) is 42.6 Å². The molecule has 0 aliphatic carbocycles. The van der Waals surface area contributed by atoms with E-state index in [2.05, 4.69) is 0 Å². The summed E-state index contributed by atoms with van der Waals surface area (Å²) in [5, 5.41) is 0. The molecule has 0 radical (unpaired) electrons. The smallest absolute Gasteiger partial charge is 0.327 e. The van der Waals surface area contributed by atoms with Crippen molar-refractivity contribution in [1.82, 2.24) is 0 Å². The summed E-state index contributed by atoms with van der Waals surface area (Å²) in [6.07, 6.45) is 0.460. The van der Waals surface area contributed by atoms with Gasteiger partial charge >= 0.3 is 5.51 Å². The van der Waals surface area contributed by atoms with Crippen LogP contribution < -0.4 is 5.73 Å². The maximum atomic E-state index is 12.6. The molecule has 0 fully saturated rings. The van der Waals surface area contributed by atoms with E-state index in [1.807, 2.05) is 0 Å². The minimum atomic E-state index is -5.35. The fraction of sp³-hybridized carbons (Fsp3) is 0.500. The highest BCUT2D eigenvalue weighted by atomic mass is 32.2. The third-order valence-electron chi connectivity index (χ3n) is 2.99. The summed E-state index contributed by atoms with van der Waals surface area (Å²) in [4.78, 5) is -0.702. The molecule has 1 rings (SSSR count). The largest absolute Gasteiger partial charge is 0.501 e. The van der Waals surface area contributed by atoms with Crippen molar-refractivity contribution < 1.29 is 21.6 Å². The van der Waals surface area contributed by atoms with Crippen LogP contribution in [0.25, 0.3) is 0 Å². The molecule has 7 heteroatoms. The van der Waals surface area contributed by atoms with Gasteiger partial charge in [-0.05, 0) is 30.9 Å². The third kappa shape index (κ3) is 3.09. The van der Waals surface area contributed by atoms with Crippen LogP contribution in [0, 0.1) is 0 Å². The van der Waals surface area contributed by atoms with E-state index in [0.29, 0.717) is 6.42 Å². The summed E-state index contributed by atoms with van der Waals surface area (Å²) in [7, 11) is -5.35. The number of nitrogens with two attached hydrogens (primary N) is 1. The van der Waals surface area contributed by atoms with Gasteiger partial charge in [0, 0.05) is 6.04 Å². The van der Waals surface area contributed by atoms with E-state index < -0.39 is 32.2 Å². The lowest BCUT2D eigenvalue weighted by molar-refractivity contribution is -0.0436. The SMILES string of the molecule is CCC(c1ccccc1S(=O)(=O)C(F)(F)F)C(C)N. The van der Waals surface area contributed by atoms with E-state index in [1.54, 1.807) is 13.8 Å². The zero-order chi connectivity index (χ0) is 14.8. The number of halogens is 3. The molecular formula is C12H16F3NO2S. The number of sulfone groups is 1. The lowest BCUT2D eigenvalue weighted by Crippen LogP contribution is -2.29. The van der Waals surface area contributed by atoms with Crippen LogP contribution >= 0.6 is 0 Å². The molecule has 0 saturated heterocycles. The predicted molar refractivity (Wildman–Crippen MR) is 66.4 cm³/mol. The van der Waals surface area contributed by atoms with Crippen molar-refractivity contribution in [3.05, 3.63) is 29.8 Å². The average molecular weight is 295 g/mol. The van der Waals surface area contributed by atoms with Gasteiger partial charge in [-0.25, -0.2) is 8.42 Å². The van der Waals surface area contributed by atoms with E-state index in [1.165, 1.54) is 18.2 Å². The van der Waals surface area contributed by atoms with Crippen molar-refractivity contribution in [3.63, 3.8) is 0 Å². The summed E-state index contributed by atoms with van der Waals surface area (Å²) in [5.41, 5.74) is 0.541. The topological polar surface area (TPSA) is 60.2 Å². The summed E-state index contributed by atoms with van der Waals surface area (Å²) < 4.78 is 61.0. The van der Waals surface area contributed by atoms with Crippen LogP contribution in [0.2, 0.25) is 0 Å². The van der Waals surface area contributed by atoms with E-state index >= 15 is 0 Å². The molecule has 0 amide bonds. The van der Waals surface area contributed by atoms with Crippen LogP contribution in [0.15, 0.2) is 29.2 Å². The van der Waals surface area contributed by atoms with Gasteiger partial charge in [-0.2, -0.15) is 13.2 Å². The summed E-state index contributed by atoms with van der Waals surface area (Å²) in [5.74, 6) is -0.437. The standard InChI is InChI=1S/C12H16F3NO2S/c1-3-9(8(2)16)10-6-4-5-7-11(10)19(17,18)12(13,14)15/h4-9H,3,16H2,1-2H3. The highest BCUT2D eigenvalue weighted by Gasteiger charge is 2.48. The minimum Gasteiger partial charge on any atom is -0.327 e. The molecule has 0 aliphatic rings. The molecule has 0 saturated carbocycles. The molecule has 3 nitrogen and oxygen atoms in total. The van der Waals surface area contributed by atoms with Crippen molar-refractivity contribution >= 4 is 9.84 Å². The fourth-order valence-corrected chi connectivity index (χ4v) is 3.07. The van der Waals surface area contributed by atoms with E-state index in [-0.39, 0.29) is 5.56 Å². The summed E-state index contributed by atoms with van der Waals surface area (Å²) >= 11 is 0. The van der Waals surface area contributed by atoms with Gasteiger partial charge in [-0.15, -0.1) is 0 Å². The monoisotopic (exact) mass is 295 g/mol. The Morgan fingerprint density at radius 3 is 2.21 bits per heavy atom. The summed E-state index contributed by atoms with van der Waals surface area (Å²) in [6.45, 7) is 3.40. The first-order valence-corrected chi connectivity index (χ1v) is 7.27. The van der Waals surface area contributed by atoms with Crippen molar-refractivity contribution in [2.24, 2.45) is 5.73 Å². The number of alkyl halides is 3.